The van der Waals surface area contributed by atoms with E-state index in [2.05, 4.69) is 0 Å². The summed E-state index contributed by atoms with van der Waals surface area (Å²) >= 11 is 0. The largest absolute Gasteiger partial charge is 0.494 e. The quantitative estimate of drug-likeness (QED) is 0.711. The van der Waals surface area contributed by atoms with E-state index in [9.17, 15) is 9.18 Å². The molecule has 2 rings (SSSR count). The van der Waals surface area contributed by atoms with Crippen LogP contribution in [-0.4, -0.2) is 19.7 Å². The normalized spacial score (nSPS) is 23.3. The molecular formula is C11H11FO3. The van der Waals surface area contributed by atoms with E-state index in [4.69, 9.17) is 9.47 Å². The lowest BCUT2D eigenvalue weighted by atomic mass is 10.1. The first kappa shape index (κ1) is 9.96. The highest BCUT2D eigenvalue weighted by Gasteiger charge is 2.40. The molecule has 80 valence electrons. The lowest BCUT2D eigenvalue weighted by molar-refractivity contribution is -0.129. The first-order chi connectivity index (χ1) is 7.26. The lowest BCUT2D eigenvalue weighted by Crippen LogP contribution is -1.95. The Hall–Kier alpha value is -1.58. The van der Waals surface area contributed by atoms with Crippen LogP contribution < -0.4 is 4.74 Å². The van der Waals surface area contributed by atoms with Gasteiger partial charge in [-0.3, -0.25) is 4.79 Å². The minimum Gasteiger partial charge on any atom is -0.494 e. The molecule has 0 saturated heterocycles. The van der Waals surface area contributed by atoms with E-state index in [1.807, 2.05) is 0 Å². The van der Waals surface area contributed by atoms with Crippen LogP contribution in [0.2, 0.25) is 0 Å². The number of ether oxygens (including phenoxy) is 2. The van der Waals surface area contributed by atoms with E-state index in [0.29, 0.717) is 6.47 Å². The predicted octanol–water partition coefficient (Wildman–Crippen LogP) is 1.86. The fourth-order valence-electron chi connectivity index (χ4n) is 1.66. The topological polar surface area (TPSA) is 35.5 Å². The van der Waals surface area contributed by atoms with Crippen LogP contribution in [0, 0.1) is 5.82 Å². The fraction of sp³-hybridized carbons (Fsp3) is 0.364. The SMILES string of the molecule is COc1ccc([C@@H]2C[C@@H]2OC=O)cc1F. The van der Waals surface area contributed by atoms with E-state index in [0.717, 1.165) is 12.0 Å². The Morgan fingerprint density at radius 2 is 2.33 bits per heavy atom. The zero-order valence-electron chi connectivity index (χ0n) is 8.27. The molecule has 1 fully saturated rings. The van der Waals surface area contributed by atoms with E-state index in [1.54, 1.807) is 12.1 Å². The summed E-state index contributed by atoms with van der Waals surface area (Å²) in [6, 6.07) is 4.80. The Bertz CT molecular complexity index is 378. The molecule has 1 aromatic carbocycles. The average Bonchev–Trinajstić information content (AvgIpc) is 2.98. The minimum atomic E-state index is -0.383. The number of rotatable bonds is 4. The van der Waals surface area contributed by atoms with Gasteiger partial charge in [0.05, 0.1) is 7.11 Å². The third kappa shape index (κ3) is 1.93. The lowest BCUT2D eigenvalue weighted by Gasteiger charge is -2.04. The van der Waals surface area contributed by atoms with Crippen LogP contribution in [0.25, 0.3) is 0 Å². The molecule has 0 aromatic heterocycles. The van der Waals surface area contributed by atoms with Gasteiger partial charge in [0, 0.05) is 5.92 Å². The molecule has 1 aliphatic rings. The van der Waals surface area contributed by atoms with Crippen molar-refractivity contribution in [3.8, 4) is 5.75 Å². The molecular weight excluding hydrogens is 199 g/mol. The van der Waals surface area contributed by atoms with Crippen LogP contribution in [0.5, 0.6) is 5.75 Å². The minimum absolute atomic E-state index is 0.0877. The Morgan fingerprint density at radius 1 is 1.53 bits per heavy atom. The zero-order valence-corrected chi connectivity index (χ0v) is 8.27. The standard InChI is InChI=1S/C11H11FO3/c1-14-10-3-2-7(4-9(10)12)8-5-11(8)15-6-13/h2-4,6,8,11H,5H2,1H3/t8-,11-/m0/s1. The molecule has 0 N–H and O–H groups in total. The first-order valence-corrected chi connectivity index (χ1v) is 4.69. The van der Waals surface area contributed by atoms with Crippen LogP contribution in [0.4, 0.5) is 4.39 Å². The van der Waals surface area contributed by atoms with Gasteiger partial charge < -0.3 is 9.47 Å². The average molecular weight is 210 g/mol. The maximum absolute atomic E-state index is 13.3. The molecule has 0 amide bonds. The number of hydrogen-bond acceptors (Lipinski definition) is 3. The second kappa shape index (κ2) is 3.88. The molecule has 0 aliphatic heterocycles. The van der Waals surface area contributed by atoms with Gasteiger partial charge in [0.1, 0.15) is 6.10 Å². The van der Waals surface area contributed by atoms with Gasteiger partial charge >= 0.3 is 0 Å². The smallest absolute Gasteiger partial charge is 0.293 e. The number of hydrogen-bond donors (Lipinski definition) is 0. The van der Waals surface area contributed by atoms with Crippen LogP contribution >= 0.6 is 0 Å². The number of carbonyl (C=O) groups excluding carboxylic acids is 1. The number of halogens is 1. The summed E-state index contributed by atoms with van der Waals surface area (Å²) in [5.41, 5.74) is 0.847. The highest BCUT2D eigenvalue weighted by atomic mass is 19.1. The number of carbonyl (C=O) groups is 1. The first-order valence-electron chi connectivity index (χ1n) is 4.69. The Kier molecular flexibility index (Phi) is 2.58. The molecule has 1 aliphatic carbocycles. The van der Waals surface area contributed by atoms with Gasteiger partial charge in [0.2, 0.25) is 0 Å². The van der Waals surface area contributed by atoms with Crippen LogP contribution in [0.1, 0.15) is 17.9 Å². The summed E-state index contributed by atoms with van der Waals surface area (Å²) in [5, 5.41) is 0. The van der Waals surface area contributed by atoms with Crippen molar-refractivity contribution in [1.29, 1.82) is 0 Å². The van der Waals surface area contributed by atoms with Gasteiger partial charge in [-0.05, 0) is 24.1 Å². The Balaban J connectivity index is 2.11. The van der Waals surface area contributed by atoms with Crippen molar-refractivity contribution in [2.24, 2.45) is 0 Å². The summed E-state index contributed by atoms with van der Waals surface area (Å²) in [6.45, 7) is 0.435. The van der Waals surface area contributed by atoms with Crippen molar-refractivity contribution in [3.05, 3.63) is 29.6 Å². The summed E-state index contributed by atoms with van der Waals surface area (Å²) in [5.74, 6) is -0.0189. The Labute approximate surface area is 86.8 Å². The molecule has 2 atom stereocenters. The van der Waals surface area contributed by atoms with Crippen molar-refractivity contribution >= 4 is 6.47 Å². The Morgan fingerprint density at radius 3 is 2.93 bits per heavy atom. The van der Waals surface area contributed by atoms with E-state index >= 15 is 0 Å². The highest BCUT2D eigenvalue weighted by molar-refractivity contribution is 5.41. The van der Waals surface area contributed by atoms with E-state index in [-0.39, 0.29) is 23.6 Å². The van der Waals surface area contributed by atoms with Crippen LogP contribution in [-0.2, 0) is 9.53 Å². The molecule has 1 saturated carbocycles. The van der Waals surface area contributed by atoms with Gasteiger partial charge in [-0.15, -0.1) is 0 Å². The van der Waals surface area contributed by atoms with Crippen LogP contribution in [0.15, 0.2) is 18.2 Å². The van der Waals surface area contributed by atoms with Crippen molar-refractivity contribution < 1.29 is 18.7 Å². The second-order valence-corrected chi connectivity index (χ2v) is 3.51. The summed E-state index contributed by atoms with van der Waals surface area (Å²) in [6.07, 6.45) is 0.681. The third-order valence-electron chi connectivity index (χ3n) is 2.57. The van der Waals surface area contributed by atoms with Gasteiger partial charge in [0.25, 0.3) is 6.47 Å². The molecule has 1 aromatic rings. The molecule has 0 unspecified atom stereocenters. The number of methoxy groups -OCH3 is 1. The molecule has 3 nitrogen and oxygen atoms in total. The monoisotopic (exact) mass is 210 g/mol. The van der Waals surface area contributed by atoms with Gasteiger partial charge in [-0.2, -0.15) is 0 Å². The van der Waals surface area contributed by atoms with E-state index in [1.165, 1.54) is 13.2 Å². The van der Waals surface area contributed by atoms with E-state index < -0.39 is 0 Å². The molecule has 0 bridgehead atoms. The van der Waals surface area contributed by atoms with Crippen molar-refractivity contribution in [1.82, 2.24) is 0 Å². The molecule has 4 heteroatoms. The predicted molar refractivity (Wildman–Crippen MR) is 51.2 cm³/mol. The molecule has 0 radical (unpaired) electrons. The summed E-state index contributed by atoms with van der Waals surface area (Å²) < 4.78 is 22.9. The summed E-state index contributed by atoms with van der Waals surface area (Å²) in [7, 11) is 1.42. The zero-order chi connectivity index (χ0) is 10.8. The molecule has 15 heavy (non-hydrogen) atoms. The maximum atomic E-state index is 13.3. The fourth-order valence-corrected chi connectivity index (χ4v) is 1.66. The van der Waals surface area contributed by atoms with Gasteiger partial charge in [-0.25, -0.2) is 4.39 Å². The highest BCUT2D eigenvalue weighted by Crippen LogP contribution is 2.43. The maximum Gasteiger partial charge on any atom is 0.293 e. The van der Waals surface area contributed by atoms with Crippen LogP contribution in [0.3, 0.4) is 0 Å². The van der Waals surface area contributed by atoms with Gasteiger partial charge in [-0.1, -0.05) is 6.07 Å². The molecule has 0 heterocycles. The summed E-state index contributed by atoms with van der Waals surface area (Å²) in [4.78, 5) is 10.1. The van der Waals surface area contributed by atoms with Crippen molar-refractivity contribution in [3.63, 3.8) is 0 Å². The second-order valence-electron chi connectivity index (χ2n) is 3.51. The van der Waals surface area contributed by atoms with Crippen molar-refractivity contribution in [2.75, 3.05) is 7.11 Å². The number of benzene rings is 1. The van der Waals surface area contributed by atoms with Crippen molar-refractivity contribution in [2.45, 2.75) is 18.4 Å². The van der Waals surface area contributed by atoms with Gasteiger partial charge in [0.15, 0.2) is 11.6 Å². The molecule has 0 spiro atoms. The third-order valence-corrected chi connectivity index (χ3v) is 2.57.